The summed E-state index contributed by atoms with van der Waals surface area (Å²) in [7, 11) is -1.59. The lowest BCUT2D eigenvalue weighted by molar-refractivity contribution is -0.145. The molecule has 0 aromatic heterocycles. The summed E-state index contributed by atoms with van der Waals surface area (Å²) in [4.78, 5) is 19.1. The number of esters is 1. The van der Waals surface area contributed by atoms with E-state index in [0.717, 1.165) is 22.3 Å². The number of aliphatic imine (C=N–C) groups is 1. The molecule has 0 bridgehead atoms. The fraction of sp³-hybridized carbons (Fsp3) is 0.161. The molecule has 3 atom stereocenters. The second-order valence-electron chi connectivity index (χ2n) is 8.49. The van der Waals surface area contributed by atoms with Gasteiger partial charge in [-0.2, -0.15) is 0 Å². The van der Waals surface area contributed by atoms with Gasteiger partial charge in [0.15, 0.2) is 6.04 Å². The van der Waals surface area contributed by atoms with Crippen molar-refractivity contribution in [2.45, 2.75) is 30.8 Å². The zero-order valence-corrected chi connectivity index (χ0v) is 21.7. The molecule has 4 aromatic carbocycles. The highest BCUT2D eigenvalue weighted by Gasteiger charge is 2.33. The number of carbonyl (C=O) groups excluding carboxylic acids is 1. The van der Waals surface area contributed by atoms with Crippen LogP contribution in [0.2, 0.25) is 0 Å². The van der Waals surface area contributed by atoms with Crippen molar-refractivity contribution in [3.05, 3.63) is 138 Å². The van der Waals surface area contributed by atoms with Gasteiger partial charge in [-0.15, -0.1) is 0 Å². The number of aryl methyl sites for hydroxylation is 1. The first-order chi connectivity index (χ1) is 18.1. The molecule has 0 aliphatic heterocycles. The number of benzene rings is 4. The van der Waals surface area contributed by atoms with Gasteiger partial charge in [0.1, 0.15) is 11.0 Å². The molecular formula is C31H30N2O3S. The van der Waals surface area contributed by atoms with Gasteiger partial charge >= 0.3 is 5.97 Å². The van der Waals surface area contributed by atoms with Crippen LogP contribution >= 0.6 is 0 Å². The molecule has 0 radical (unpaired) electrons. The second-order valence-corrected chi connectivity index (χ2v) is 9.74. The summed E-state index contributed by atoms with van der Waals surface area (Å²) in [6.45, 7) is 3.95. The fourth-order valence-corrected chi connectivity index (χ4v) is 4.97. The third kappa shape index (κ3) is 6.88. The Kier molecular flexibility index (Phi) is 9.13. The Balaban J connectivity index is 1.84. The third-order valence-electron chi connectivity index (χ3n) is 5.83. The van der Waals surface area contributed by atoms with Crippen molar-refractivity contribution >= 4 is 22.7 Å². The molecule has 37 heavy (non-hydrogen) atoms. The maximum atomic E-state index is 13.5. The van der Waals surface area contributed by atoms with Gasteiger partial charge in [-0.3, -0.25) is 4.99 Å². The number of ether oxygens (including phenoxy) is 1. The molecule has 1 N–H and O–H groups in total. The SMILES string of the molecule is CCOC(=O)[C@@H](N=C(c1ccccc1)c1ccccc1)[C@@H](NS(=O)c1ccc(C)cc1)c1ccccc1. The van der Waals surface area contributed by atoms with Crippen LogP contribution in [0.1, 0.15) is 35.2 Å². The van der Waals surface area contributed by atoms with E-state index in [2.05, 4.69) is 4.72 Å². The van der Waals surface area contributed by atoms with E-state index in [1.54, 1.807) is 6.92 Å². The van der Waals surface area contributed by atoms with Crippen LogP contribution in [0.4, 0.5) is 0 Å². The Morgan fingerprint density at radius 1 is 0.811 bits per heavy atom. The zero-order valence-electron chi connectivity index (χ0n) is 20.9. The van der Waals surface area contributed by atoms with Gasteiger partial charge in [-0.25, -0.2) is 13.7 Å². The fourth-order valence-electron chi connectivity index (χ4n) is 3.96. The van der Waals surface area contributed by atoms with Gasteiger partial charge in [0.05, 0.1) is 23.3 Å². The molecule has 4 rings (SSSR count). The normalized spacial score (nSPS) is 13.2. The summed E-state index contributed by atoms with van der Waals surface area (Å²) in [5.74, 6) is -0.492. The number of carbonyl (C=O) groups is 1. The second kappa shape index (κ2) is 12.9. The van der Waals surface area contributed by atoms with Gasteiger partial charge < -0.3 is 4.74 Å². The first-order valence-electron chi connectivity index (χ1n) is 12.2. The van der Waals surface area contributed by atoms with E-state index < -0.39 is 29.0 Å². The van der Waals surface area contributed by atoms with E-state index in [9.17, 15) is 9.00 Å². The lowest BCUT2D eigenvalue weighted by Gasteiger charge is -2.25. The highest BCUT2D eigenvalue weighted by molar-refractivity contribution is 7.83. The number of nitrogens with zero attached hydrogens (tertiary/aromatic N) is 1. The predicted octanol–water partition coefficient (Wildman–Crippen LogP) is 5.82. The summed E-state index contributed by atoms with van der Waals surface area (Å²) < 4.78 is 22.1. The minimum Gasteiger partial charge on any atom is -0.464 e. The summed E-state index contributed by atoms with van der Waals surface area (Å²) in [5, 5.41) is 0. The lowest BCUT2D eigenvalue weighted by atomic mass is 9.98. The monoisotopic (exact) mass is 510 g/mol. The van der Waals surface area contributed by atoms with E-state index in [-0.39, 0.29) is 6.61 Å². The largest absolute Gasteiger partial charge is 0.464 e. The highest BCUT2D eigenvalue weighted by atomic mass is 32.2. The summed E-state index contributed by atoms with van der Waals surface area (Å²) in [6, 6.07) is 34.7. The molecule has 0 fully saturated rings. The van der Waals surface area contributed by atoms with Gasteiger partial charge in [0.2, 0.25) is 0 Å². The van der Waals surface area contributed by atoms with Crippen LogP contribution in [-0.2, 0) is 20.5 Å². The molecule has 0 aliphatic rings. The number of hydrogen-bond acceptors (Lipinski definition) is 4. The molecule has 188 valence electrons. The summed E-state index contributed by atoms with van der Waals surface area (Å²) in [5.41, 5.74) is 4.25. The Morgan fingerprint density at radius 2 is 1.32 bits per heavy atom. The van der Waals surface area contributed by atoms with Crippen LogP contribution in [0.3, 0.4) is 0 Å². The van der Waals surface area contributed by atoms with E-state index >= 15 is 0 Å². The molecule has 5 nitrogen and oxygen atoms in total. The molecule has 0 saturated heterocycles. The van der Waals surface area contributed by atoms with E-state index in [1.165, 1.54) is 0 Å². The standard InChI is InChI=1S/C31H30N2O3S/c1-3-36-31(34)30(32-28(24-13-7-4-8-14-24)25-15-9-5-10-16-25)29(26-17-11-6-12-18-26)33-37(35)27-21-19-23(2)20-22-27/h4-22,29-30,33H,3H2,1-2H3/t29-,30-,37?/m0/s1. The van der Waals surface area contributed by atoms with Crippen molar-refractivity contribution in [2.75, 3.05) is 6.61 Å². The average molecular weight is 511 g/mol. The Labute approximate surface area is 220 Å². The maximum absolute atomic E-state index is 13.5. The molecule has 4 aromatic rings. The molecule has 0 amide bonds. The molecule has 1 unspecified atom stereocenters. The Hall–Kier alpha value is -3.87. The average Bonchev–Trinajstić information content (AvgIpc) is 2.94. The third-order valence-corrected chi connectivity index (χ3v) is 7.00. The zero-order chi connectivity index (χ0) is 26.0. The maximum Gasteiger partial charge on any atom is 0.332 e. The van der Waals surface area contributed by atoms with Crippen LogP contribution in [-0.4, -0.2) is 28.5 Å². The minimum atomic E-state index is -1.59. The quantitative estimate of drug-likeness (QED) is 0.216. The van der Waals surface area contributed by atoms with Crippen molar-refractivity contribution < 1.29 is 13.7 Å². The van der Waals surface area contributed by atoms with Gasteiger partial charge in [0.25, 0.3) is 0 Å². The smallest absolute Gasteiger partial charge is 0.332 e. The molecule has 0 saturated carbocycles. The van der Waals surface area contributed by atoms with Crippen LogP contribution in [0.5, 0.6) is 0 Å². The predicted molar refractivity (Wildman–Crippen MR) is 149 cm³/mol. The lowest BCUT2D eigenvalue weighted by Crippen LogP contribution is -2.39. The first-order valence-corrected chi connectivity index (χ1v) is 13.4. The molecule has 6 heteroatoms. The minimum absolute atomic E-state index is 0.208. The van der Waals surface area contributed by atoms with Gasteiger partial charge in [-0.1, -0.05) is 109 Å². The topological polar surface area (TPSA) is 67.8 Å². The number of nitrogens with one attached hydrogen (secondary N) is 1. The van der Waals surface area contributed by atoms with Crippen LogP contribution in [0.15, 0.2) is 125 Å². The van der Waals surface area contributed by atoms with Crippen molar-refractivity contribution in [1.82, 2.24) is 4.72 Å². The van der Waals surface area contributed by atoms with Crippen LogP contribution < -0.4 is 4.72 Å². The summed E-state index contributed by atoms with van der Waals surface area (Å²) in [6.07, 6.45) is 0. The molecule has 0 spiro atoms. The summed E-state index contributed by atoms with van der Waals surface area (Å²) >= 11 is 0. The first kappa shape index (κ1) is 26.2. The molecular weight excluding hydrogens is 480 g/mol. The van der Waals surface area contributed by atoms with Gasteiger partial charge in [-0.05, 0) is 31.5 Å². The number of hydrogen-bond donors (Lipinski definition) is 1. The van der Waals surface area contributed by atoms with Gasteiger partial charge in [0, 0.05) is 11.1 Å². The van der Waals surface area contributed by atoms with Crippen molar-refractivity contribution in [2.24, 2.45) is 4.99 Å². The van der Waals surface area contributed by atoms with Crippen molar-refractivity contribution in [1.29, 1.82) is 0 Å². The Bertz CT molecular complexity index is 1300. The molecule has 0 heterocycles. The Morgan fingerprint density at radius 3 is 1.84 bits per heavy atom. The van der Waals surface area contributed by atoms with Crippen LogP contribution in [0.25, 0.3) is 0 Å². The van der Waals surface area contributed by atoms with E-state index in [0.29, 0.717) is 10.6 Å². The van der Waals surface area contributed by atoms with Crippen molar-refractivity contribution in [3.8, 4) is 0 Å². The van der Waals surface area contributed by atoms with Crippen LogP contribution in [0, 0.1) is 6.92 Å². The van der Waals surface area contributed by atoms with Crippen molar-refractivity contribution in [3.63, 3.8) is 0 Å². The van der Waals surface area contributed by atoms with E-state index in [1.807, 2.05) is 122 Å². The number of rotatable bonds is 10. The highest BCUT2D eigenvalue weighted by Crippen LogP contribution is 2.25. The molecule has 0 aliphatic carbocycles. The van der Waals surface area contributed by atoms with E-state index in [4.69, 9.17) is 9.73 Å².